The number of rotatable bonds is 3. The average molecular weight is 417 g/mol. The molecule has 1 aromatic carbocycles. The lowest BCUT2D eigenvalue weighted by Crippen LogP contribution is -2.19. The molecule has 3 aromatic heterocycles. The van der Waals surface area contributed by atoms with Gasteiger partial charge in [-0.15, -0.1) is 11.3 Å². The standard InChI is InChI=1S/C21H16N4OS.C3H8/c1-26-15-8-6-14(7-9-15)12-25-20-16(4-2-10-22-20)18-19(27-13-24-18)17-5-3-11-23-21(17)25;1-3-2/h2-11,13H,12H2,1H3;3H2,1-2H3. The van der Waals surface area contributed by atoms with Gasteiger partial charge in [-0.3, -0.25) is 0 Å². The Bertz CT molecular complexity index is 1060. The first-order chi connectivity index (χ1) is 14.8. The lowest BCUT2D eigenvalue weighted by atomic mass is 10.1. The third kappa shape index (κ3) is 3.78. The van der Waals surface area contributed by atoms with Crippen LogP contribution in [0.3, 0.4) is 0 Å². The highest BCUT2D eigenvalue weighted by molar-refractivity contribution is 7.13. The van der Waals surface area contributed by atoms with E-state index in [4.69, 9.17) is 14.7 Å². The number of thiazole rings is 1. The predicted molar refractivity (Wildman–Crippen MR) is 123 cm³/mol. The number of hydrogen-bond acceptors (Lipinski definition) is 6. The number of ether oxygens (including phenoxy) is 1. The Hall–Kier alpha value is -3.25. The Morgan fingerprint density at radius 3 is 2.17 bits per heavy atom. The van der Waals surface area contributed by atoms with Crippen LogP contribution in [0.25, 0.3) is 21.7 Å². The first-order valence-corrected chi connectivity index (χ1v) is 10.9. The van der Waals surface area contributed by atoms with Crippen LogP contribution in [0.15, 0.2) is 66.4 Å². The molecular formula is C24H24N4OS. The summed E-state index contributed by atoms with van der Waals surface area (Å²) in [5, 5.41) is 0. The van der Waals surface area contributed by atoms with E-state index in [0.29, 0.717) is 6.54 Å². The molecule has 4 heterocycles. The SMILES string of the molecule is CCC.COc1ccc(CN2c3ncccc3-c3ncsc3-c3cccnc32)cc1. The third-order valence-corrected chi connectivity index (χ3v) is 5.51. The molecule has 30 heavy (non-hydrogen) atoms. The van der Waals surface area contributed by atoms with Crippen molar-refractivity contribution >= 4 is 23.0 Å². The maximum absolute atomic E-state index is 5.28. The zero-order valence-corrected chi connectivity index (χ0v) is 18.2. The van der Waals surface area contributed by atoms with E-state index in [1.54, 1.807) is 18.4 Å². The smallest absolute Gasteiger partial charge is 0.143 e. The number of fused-ring (bicyclic) bond motifs is 5. The lowest BCUT2D eigenvalue weighted by molar-refractivity contribution is 0.414. The average Bonchev–Trinajstić information content (AvgIpc) is 3.25. The zero-order chi connectivity index (χ0) is 20.9. The Kier molecular flexibility index (Phi) is 6.05. The molecule has 4 aromatic rings. The number of nitrogens with zero attached hydrogens (tertiary/aromatic N) is 4. The molecule has 6 heteroatoms. The quantitative estimate of drug-likeness (QED) is 0.390. The molecule has 0 radical (unpaired) electrons. The van der Waals surface area contributed by atoms with Crippen molar-refractivity contribution in [2.45, 2.75) is 26.8 Å². The fraction of sp³-hybridized carbons (Fsp3) is 0.208. The van der Waals surface area contributed by atoms with E-state index < -0.39 is 0 Å². The van der Waals surface area contributed by atoms with Crippen LogP contribution < -0.4 is 9.64 Å². The van der Waals surface area contributed by atoms with E-state index in [2.05, 4.69) is 48.0 Å². The van der Waals surface area contributed by atoms with Crippen molar-refractivity contribution in [1.29, 1.82) is 0 Å². The van der Waals surface area contributed by atoms with Crippen LogP contribution >= 0.6 is 11.3 Å². The third-order valence-electron chi connectivity index (χ3n) is 4.65. The van der Waals surface area contributed by atoms with Crippen LogP contribution in [0.1, 0.15) is 25.8 Å². The van der Waals surface area contributed by atoms with Gasteiger partial charge in [0, 0.05) is 23.5 Å². The van der Waals surface area contributed by atoms with Crippen LogP contribution in [0.4, 0.5) is 11.6 Å². The van der Waals surface area contributed by atoms with Crippen LogP contribution in [-0.2, 0) is 6.54 Å². The minimum absolute atomic E-state index is 0.660. The molecule has 0 saturated heterocycles. The molecule has 0 spiro atoms. The number of methoxy groups -OCH3 is 1. The Labute approximate surface area is 181 Å². The van der Waals surface area contributed by atoms with Gasteiger partial charge in [-0.2, -0.15) is 0 Å². The molecule has 5 nitrogen and oxygen atoms in total. The summed E-state index contributed by atoms with van der Waals surface area (Å²) in [7, 11) is 1.68. The molecule has 0 aliphatic carbocycles. The van der Waals surface area contributed by atoms with Gasteiger partial charge in [0.25, 0.3) is 0 Å². The summed E-state index contributed by atoms with van der Waals surface area (Å²) in [6.45, 7) is 4.91. The highest BCUT2D eigenvalue weighted by Gasteiger charge is 2.28. The Balaban J connectivity index is 0.000000687. The predicted octanol–water partition coefficient (Wildman–Crippen LogP) is 6.34. The fourth-order valence-corrected chi connectivity index (χ4v) is 4.20. The van der Waals surface area contributed by atoms with Crippen molar-refractivity contribution in [3.05, 3.63) is 72.0 Å². The van der Waals surface area contributed by atoms with Crippen molar-refractivity contribution < 1.29 is 4.74 Å². The molecule has 1 aliphatic rings. The van der Waals surface area contributed by atoms with Gasteiger partial charge in [-0.1, -0.05) is 32.4 Å². The van der Waals surface area contributed by atoms with Gasteiger partial charge < -0.3 is 9.64 Å². The van der Waals surface area contributed by atoms with Gasteiger partial charge in [0.1, 0.15) is 17.4 Å². The molecule has 0 amide bonds. The van der Waals surface area contributed by atoms with Gasteiger partial charge in [0.05, 0.1) is 29.7 Å². The topological polar surface area (TPSA) is 51.1 Å². The molecule has 0 unspecified atom stereocenters. The molecule has 0 atom stereocenters. The van der Waals surface area contributed by atoms with E-state index in [9.17, 15) is 0 Å². The first-order valence-electron chi connectivity index (χ1n) is 10.0. The minimum atomic E-state index is 0.660. The minimum Gasteiger partial charge on any atom is -0.497 e. The molecule has 0 bridgehead atoms. The Morgan fingerprint density at radius 2 is 1.50 bits per heavy atom. The Morgan fingerprint density at radius 1 is 0.867 bits per heavy atom. The van der Waals surface area contributed by atoms with Gasteiger partial charge >= 0.3 is 0 Å². The lowest BCUT2D eigenvalue weighted by Gasteiger charge is -2.24. The molecule has 0 saturated carbocycles. The second-order valence-corrected chi connectivity index (χ2v) is 7.78. The summed E-state index contributed by atoms with van der Waals surface area (Å²) in [5.74, 6) is 2.62. The summed E-state index contributed by atoms with van der Waals surface area (Å²) in [4.78, 5) is 17.3. The monoisotopic (exact) mass is 416 g/mol. The normalized spacial score (nSPS) is 11.4. The number of hydrogen-bond donors (Lipinski definition) is 0. The van der Waals surface area contributed by atoms with Crippen molar-refractivity contribution in [3.63, 3.8) is 0 Å². The summed E-state index contributed by atoms with van der Waals surface area (Å²) < 4.78 is 5.28. The maximum atomic E-state index is 5.28. The number of benzene rings is 1. The summed E-state index contributed by atoms with van der Waals surface area (Å²) in [6.07, 6.45) is 4.90. The summed E-state index contributed by atoms with van der Waals surface area (Å²) >= 11 is 1.64. The van der Waals surface area contributed by atoms with Gasteiger partial charge in [-0.05, 0) is 42.0 Å². The fourth-order valence-electron chi connectivity index (χ4n) is 3.38. The van der Waals surface area contributed by atoms with Crippen molar-refractivity contribution in [1.82, 2.24) is 15.0 Å². The molecular weight excluding hydrogens is 392 g/mol. The van der Waals surface area contributed by atoms with Crippen molar-refractivity contribution in [2.75, 3.05) is 12.0 Å². The highest BCUT2D eigenvalue weighted by Crippen LogP contribution is 2.47. The number of pyridine rings is 2. The molecule has 152 valence electrons. The molecule has 0 fully saturated rings. The number of anilines is 2. The van der Waals surface area contributed by atoms with Gasteiger partial charge in [-0.25, -0.2) is 15.0 Å². The van der Waals surface area contributed by atoms with E-state index in [0.717, 1.165) is 44.6 Å². The van der Waals surface area contributed by atoms with E-state index >= 15 is 0 Å². The van der Waals surface area contributed by atoms with Gasteiger partial charge in [0.2, 0.25) is 0 Å². The zero-order valence-electron chi connectivity index (χ0n) is 17.4. The summed E-state index contributed by atoms with van der Waals surface area (Å²) in [6, 6.07) is 16.2. The molecule has 1 aliphatic heterocycles. The van der Waals surface area contributed by atoms with E-state index in [1.807, 2.05) is 42.2 Å². The van der Waals surface area contributed by atoms with E-state index in [-0.39, 0.29) is 0 Å². The maximum Gasteiger partial charge on any atom is 0.143 e. The van der Waals surface area contributed by atoms with Crippen molar-refractivity contribution in [2.24, 2.45) is 0 Å². The largest absolute Gasteiger partial charge is 0.497 e. The highest BCUT2D eigenvalue weighted by atomic mass is 32.1. The van der Waals surface area contributed by atoms with Crippen molar-refractivity contribution in [3.8, 4) is 27.4 Å². The second-order valence-electron chi connectivity index (χ2n) is 6.92. The number of aromatic nitrogens is 3. The summed E-state index contributed by atoms with van der Waals surface area (Å²) in [5.41, 5.74) is 6.12. The van der Waals surface area contributed by atoms with Crippen LogP contribution in [0.5, 0.6) is 5.75 Å². The molecule has 0 N–H and O–H groups in total. The van der Waals surface area contributed by atoms with Crippen LogP contribution in [0, 0.1) is 0 Å². The first kappa shape index (κ1) is 20.0. The van der Waals surface area contributed by atoms with Crippen LogP contribution in [0.2, 0.25) is 0 Å². The van der Waals surface area contributed by atoms with E-state index in [1.165, 1.54) is 6.42 Å². The second kappa shape index (κ2) is 9.05. The van der Waals surface area contributed by atoms with Crippen LogP contribution in [-0.4, -0.2) is 22.1 Å². The molecule has 5 rings (SSSR count). The van der Waals surface area contributed by atoms with Gasteiger partial charge in [0.15, 0.2) is 0 Å².